The first-order valence-electron chi connectivity index (χ1n) is 10.6. The molecule has 152 valence electrons. The molecule has 2 N–H and O–H groups in total. The molecule has 27 heavy (non-hydrogen) atoms. The Hall–Kier alpha value is -1.34. The van der Waals surface area contributed by atoms with Gasteiger partial charge in [0.1, 0.15) is 0 Å². The molecule has 0 bridgehead atoms. The number of hydrogen-bond acceptors (Lipinski definition) is 5. The van der Waals surface area contributed by atoms with Gasteiger partial charge in [-0.3, -0.25) is 4.99 Å². The third kappa shape index (κ3) is 6.64. The van der Waals surface area contributed by atoms with Crippen LogP contribution < -0.4 is 15.5 Å². The summed E-state index contributed by atoms with van der Waals surface area (Å²) in [5, 5.41) is 10.2. The van der Waals surface area contributed by atoms with Crippen LogP contribution in [0, 0.1) is 5.92 Å². The van der Waals surface area contributed by atoms with Crippen LogP contribution in [0.4, 0.5) is 5.13 Å². The number of guanidine groups is 1. The van der Waals surface area contributed by atoms with Gasteiger partial charge in [-0.1, -0.05) is 6.92 Å². The fraction of sp³-hybridized carbons (Fsp3) is 0.800. The third-order valence-corrected chi connectivity index (χ3v) is 6.58. The quantitative estimate of drug-likeness (QED) is 0.405. The molecule has 0 aliphatic carbocycles. The van der Waals surface area contributed by atoms with E-state index in [0.717, 1.165) is 44.5 Å². The van der Waals surface area contributed by atoms with Crippen LogP contribution in [0.5, 0.6) is 0 Å². The minimum atomic E-state index is 0.868. The predicted octanol–water partition coefficient (Wildman–Crippen LogP) is 2.57. The van der Waals surface area contributed by atoms with Crippen molar-refractivity contribution in [3.63, 3.8) is 0 Å². The zero-order valence-corrected chi connectivity index (χ0v) is 17.9. The molecule has 1 aromatic rings. The Labute approximate surface area is 168 Å². The van der Waals surface area contributed by atoms with Crippen LogP contribution in [-0.2, 0) is 6.42 Å². The number of likely N-dealkylation sites (tertiary alicyclic amines) is 1. The molecule has 2 aliphatic rings. The van der Waals surface area contributed by atoms with Crippen LogP contribution in [0.25, 0.3) is 0 Å². The molecule has 2 aliphatic heterocycles. The van der Waals surface area contributed by atoms with Gasteiger partial charge in [-0.15, -0.1) is 11.3 Å². The summed E-state index contributed by atoms with van der Waals surface area (Å²) < 4.78 is 0. The smallest absolute Gasteiger partial charge is 0.190 e. The normalized spacial score (nSPS) is 19.6. The first kappa shape index (κ1) is 20.4. The zero-order valence-electron chi connectivity index (χ0n) is 17.0. The topological polar surface area (TPSA) is 55.8 Å². The lowest BCUT2D eigenvalue weighted by atomic mass is 9.99. The van der Waals surface area contributed by atoms with Crippen molar-refractivity contribution in [3.05, 3.63) is 11.1 Å². The van der Waals surface area contributed by atoms with Gasteiger partial charge >= 0.3 is 0 Å². The van der Waals surface area contributed by atoms with E-state index in [2.05, 4.69) is 37.7 Å². The van der Waals surface area contributed by atoms with Gasteiger partial charge in [0.05, 0.1) is 5.69 Å². The van der Waals surface area contributed by atoms with Gasteiger partial charge in [-0.25, -0.2) is 4.98 Å². The fourth-order valence-electron chi connectivity index (χ4n) is 3.79. The molecule has 0 amide bonds. The van der Waals surface area contributed by atoms with Crippen LogP contribution >= 0.6 is 11.3 Å². The number of aromatic nitrogens is 1. The van der Waals surface area contributed by atoms with Crippen molar-refractivity contribution in [1.29, 1.82) is 0 Å². The Bertz CT molecular complexity index is 573. The molecule has 0 radical (unpaired) electrons. The van der Waals surface area contributed by atoms with Gasteiger partial charge in [0, 0.05) is 45.0 Å². The van der Waals surface area contributed by atoms with Crippen molar-refractivity contribution in [2.24, 2.45) is 10.9 Å². The SMILES string of the molecule is CN=C(NCCCN1CCC(C)CC1)NCCc1csc(N2CCCC2)n1. The first-order chi connectivity index (χ1) is 13.2. The number of nitrogens with zero attached hydrogens (tertiary/aromatic N) is 4. The minimum Gasteiger partial charge on any atom is -0.356 e. The van der Waals surface area contributed by atoms with Crippen molar-refractivity contribution in [3.8, 4) is 0 Å². The summed E-state index contributed by atoms with van der Waals surface area (Å²) in [6.07, 6.45) is 7.42. The van der Waals surface area contributed by atoms with E-state index in [4.69, 9.17) is 4.98 Å². The van der Waals surface area contributed by atoms with Gasteiger partial charge in [0.25, 0.3) is 0 Å². The van der Waals surface area contributed by atoms with Gasteiger partial charge in [-0.05, 0) is 57.7 Å². The molecule has 2 fully saturated rings. The molecular weight excluding hydrogens is 356 g/mol. The number of aliphatic imine (C=N–C) groups is 1. The molecular formula is C20H36N6S. The molecule has 0 saturated carbocycles. The second-order valence-electron chi connectivity index (χ2n) is 7.87. The molecule has 3 rings (SSSR count). The maximum Gasteiger partial charge on any atom is 0.190 e. The number of hydrogen-bond donors (Lipinski definition) is 2. The molecule has 1 aromatic heterocycles. The summed E-state index contributed by atoms with van der Waals surface area (Å²) in [6.45, 7) is 10.3. The second-order valence-corrected chi connectivity index (χ2v) is 8.71. The number of thiazole rings is 1. The average Bonchev–Trinajstić information content (AvgIpc) is 3.36. The van der Waals surface area contributed by atoms with Gasteiger partial charge in [0.15, 0.2) is 11.1 Å². The number of anilines is 1. The van der Waals surface area contributed by atoms with Crippen molar-refractivity contribution in [1.82, 2.24) is 20.5 Å². The fourth-order valence-corrected chi connectivity index (χ4v) is 4.70. The summed E-state index contributed by atoms with van der Waals surface area (Å²) in [4.78, 5) is 14.1. The van der Waals surface area contributed by atoms with E-state index in [1.165, 1.54) is 62.6 Å². The highest BCUT2D eigenvalue weighted by Crippen LogP contribution is 2.24. The summed E-state index contributed by atoms with van der Waals surface area (Å²) >= 11 is 1.78. The largest absolute Gasteiger partial charge is 0.356 e. The maximum absolute atomic E-state index is 4.79. The molecule has 0 unspecified atom stereocenters. The van der Waals surface area contributed by atoms with E-state index in [0.29, 0.717) is 0 Å². The Balaban J connectivity index is 1.28. The molecule has 6 nitrogen and oxygen atoms in total. The second kappa shape index (κ2) is 10.9. The van der Waals surface area contributed by atoms with Crippen molar-refractivity contribution in [2.75, 3.05) is 57.8 Å². The predicted molar refractivity (Wildman–Crippen MR) is 116 cm³/mol. The summed E-state index contributed by atoms with van der Waals surface area (Å²) in [6, 6.07) is 0. The highest BCUT2D eigenvalue weighted by Gasteiger charge is 2.16. The molecule has 2 saturated heterocycles. The van der Waals surface area contributed by atoms with Crippen LogP contribution in [0.15, 0.2) is 10.4 Å². The number of piperidine rings is 1. The number of rotatable bonds is 8. The maximum atomic E-state index is 4.79. The minimum absolute atomic E-state index is 0.868. The van der Waals surface area contributed by atoms with Crippen LogP contribution in [0.3, 0.4) is 0 Å². The lowest BCUT2D eigenvalue weighted by Crippen LogP contribution is -2.40. The number of nitrogens with one attached hydrogen (secondary N) is 2. The van der Waals surface area contributed by atoms with E-state index in [1.54, 1.807) is 11.3 Å². The Morgan fingerprint density at radius 2 is 1.93 bits per heavy atom. The van der Waals surface area contributed by atoms with Crippen LogP contribution in [0.1, 0.15) is 44.7 Å². The Morgan fingerprint density at radius 1 is 1.19 bits per heavy atom. The van der Waals surface area contributed by atoms with E-state index in [-0.39, 0.29) is 0 Å². The zero-order chi connectivity index (χ0) is 18.9. The monoisotopic (exact) mass is 392 g/mol. The van der Waals surface area contributed by atoms with E-state index in [1.807, 2.05) is 7.05 Å². The Morgan fingerprint density at radius 3 is 2.67 bits per heavy atom. The Kier molecular flexibility index (Phi) is 8.20. The van der Waals surface area contributed by atoms with Gasteiger partial charge in [0.2, 0.25) is 0 Å². The van der Waals surface area contributed by atoms with Gasteiger partial charge in [-0.2, -0.15) is 0 Å². The molecule has 3 heterocycles. The van der Waals surface area contributed by atoms with E-state index >= 15 is 0 Å². The lowest BCUT2D eigenvalue weighted by molar-refractivity contribution is 0.191. The van der Waals surface area contributed by atoms with Crippen LogP contribution in [0.2, 0.25) is 0 Å². The van der Waals surface area contributed by atoms with Crippen molar-refractivity contribution < 1.29 is 0 Å². The van der Waals surface area contributed by atoms with Gasteiger partial charge < -0.3 is 20.4 Å². The molecule has 0 spiro atoms. The molecule has 7 heteroatoms. The van der Waals surface area contributed by atoms with Crippen molar-refractivity contribution >= 4 is 22.4 Å². The lowest BCUT2D eigenvalue weighted by Gasteiger charge is -2.30. The van der Waals surface area contributed by atoms with E-state index < -0.39 is 0 Å². The highest BCUT2D eigenvalue weighted by molar-refractivity contribution is 7.13. The van der Waals surface area contributed by atoms with Crippen LogP contribution in [-0.4, -0.2) is 68.7 Å². The molecule has 0 atom stereocenters. The van der Waals surface area contributed by atoms with E-state index in [9.17, 15) is 0 Å². The average molecular weight is 393 g/mol. The standard InChI is InChI=1S/C20H36N6S/c1-17-7-14-25(15-8-17)11-5-9-22-19(21-2)23-10-6-18-16-27-20(24-18)26-12-3-4-13-26/h16-17H,3-15H2,1-2H3,(H2,21,22,23). The summed E-state index contributed by atoms with van der Waals surface area (Å²) in [5.41, 5.74) is 1.18. The third-order valence-electron chi connectivity index (χ3n) is 5.63. The summed E-state index contributed by atoms with van der Waals surface area (Å²) in [5.74, 6) is 1.81. The summed E-state index contributed by atoms with van der Waals surface area (Å²) in [7, 11) is 1.84. The van der Waals surface area contributed by atoms with Crippen molar-refractivity contribution in [2.45, 2.75) is 45.4 Å². The first-order valence-corrected chi connectivity index (χ1v) is 11.5. The molecule has 0 aromatic carbocycles. The highest BCUT2D eigenvalue weighted by atomic mass is 32.1.